The number of benzene rings is 1. The van der Waals surface area contributed by atoms with Crippen LogP contribution in [0.15, 0.2) is 23.6 Å². The number of nitrogens with zero attached hydrogens (tertiary/aromatic N) is 3. The van der Waals surface area contributed by atoms with Gasteiger partial charge in [0.15, 0.2) is 5.13 Å². The van der Waals surface area contributed by atoms with Crippen LogP contribution in [0.2, 0.25) is 0 Å². The largest absolute Gasteiger partial charge is 0.393 e. The Bertz CT molecular complexity index is 1130. The molecule has 3 aliphatic rings. The smallest absolute Gasteiger partial charge is 0.275 e. The van der Waals surface area contributed by atoms with Crippen LogP contribution >= 0.6 is 11.3 Å². The molecule has 212 valence electrons. The number of carbonyl (C=O) groups excluding carboxylic acids is 2. The van der Waals surface area contributed by atoms with E-state index in [1.165, 1.54) is 11.3 Å². The second kappa shape index (κ2) is 13.2. The molecule has 5 rings (SSSR count). The number of ether oxygens (including phenoxy) is 2. The van der Waals surface area contributed by atoms with Gasteiger partial charge >= 0.3 is 0 Å². The number of likely N-dealkylation sites (tertiary alicyclic amines) is 1. The van der Waals surface area contributed by atoms with Crippen molar-refractivity contribution in [2.75, 3.05) is 56.8 Å². The van der Waals surface area contributed by atoms with Crippen molar-refractivity contribution in [2.45, 2.75) is 63.3 Å². The van der Waals surface area contributed by atoms with Gasteiger partial charge in [-0.05, 0) is 62.8 Å². The van der Waals surface area contributed by atoms with Crippen molar-refractivity contribution in [2.24, 2.45) is 0 Å². The van der Waals surface area contributed by atoms with Gasteiger partial charge in [0, 0.05) is 57.4 Å². The number of anilines is 2. The van der Waals surface area contributed by atoms with Crippen LogP contribution in [0.5, 0.6) is 0 Å². The quantitative estimate of drug-likeness (QED) is 0.431. The lowest BCUT2D eigenvalue weighted by Gasteiger charge is -2.29. The third kappa shape index (κ3) is 7.15. The van der Waals surface area contributed by atoms with E-state index in [9.17, 15) is 14.7 Å². The van der Waals surface area contributed by atoms with E-state index in [1.54, 1.807) is 12.5 Å². The lowest BCUT2D eigenvalue weighted by molar-refractivity contribution is 0.0696. The van der Waals surface area contributed by atoms with E-state index in [2.05, 4.69) is 25.4 Å². The van der Waals surface area contributed by atoms with Crippen LogP contribution in [-0.2, 0) is 16.0 Å². The van der Waals surface area contributed by atoms with E-state index in [-0.39, 0.29) is 24.0 Å². The number of aliphatic hydroxyl groups is 1. The normalized spacial score (nSPS) is 21.3. The van der Waals surface area contributed by atoms with E-state index in [0.29, 0.717) is 55.6 Å². The van der Waals surface area contributed by atoms with Crippen LogP contribution < -0.4 is 15.5 Å². The number of piperidine rings is 1. The Hall–Kier alpha value is -2.57. The first-order valence-electron chi connectivity index (χ1n) is 13.9. The van der Waals surface area contributed by atoms with Crippen molar-refractivity contribution in [3.8, 4) is 0 Å². The molecular weight excluding hydrogens is 518 g/mol. The Labute approximate surface area is 233 Å². The molecule has 0 aliphatic carbocycles. The number of hydrogen-bond acceptors (Lipinski definition) is 9. The van der Waals surface area contributed by atoms with Crippen LogP contribution in [0.1, 0.15) is 64.9 Å². The molecule has 1 atom stereocenters. The molecule has 0 radical (unpaired) electrons. The van der Waals surface area contributed by atoms with Crippen molar-refractivity contribution >= 4 is 34.0 Å². The first-order valence-corrected chi connectivity index (χ1v) is 14.8. The predicted molar refractivity (Wildman–Crippen MR) is 151 cm³/mol. The average Bonchev–Trinajstić information content (AvgIpc) is 3.61. The van der Waals surface area contributed by atoms with Crippen molar-refractivity contribution in [3.05, 3.63) is 40.4 Å². The van der Waals surface area contributed by atoms with Gasteiger partial charge in [0.1, 0.15) is 5.69 Å². The molecular formula is C28H39N5O5S. The molecule has 0 unspecified atom stereocenters. The summed E-state index contributed by atoms with van der Waals surface area (Å²) in [6.45, 7) is 5.11. The third-order valence-corrected chi connectivity index (χ3v) is 8.74. The van der Waals surface area contributed by atoms with Gasteiger partial charge in [0.2, 0.25) is 0 Å². The number of aliphatic hydroxyl groups excluding tert-OH is 1. The zero-order chi connectivity index (χ0) is 27.2. The maximum atomic E-state index is 13.5. The first kappa shape index (κ1) is 28.0. The van der Waals surface area contributed by atoms with Crippen LogP contribution in [-0.4, -0.2) is 91.6 Å². The molecule has 3 aliphatic heterocycles. The maximum absolute atomic E-state index is 13.5. The maximum Gasteiger partial charge on any atom is 0.275 e. The van der Waals surface area contributed by atoms with Crippen LogP contribution in [0, 0.1) is 0 Å². The van der Waals surface area contributed by atoms with Crippen molar-refractivity contribution in [3.63, 3.8) is 0 Å². The van der Waals surface area contributed by atoms with Gasteiger partial charge in [-0.1, -0.05) is 6.07 Å². The van der Waals surface area contributed by atoms with Gasteiger partial charge in [0.25, 0.3) is 11.8 Å². The van der Waals surface area contributed by atoms with Crippen molar-refractivity contribution < 1.29 is 24.2 Å². The summed E-state index contributed by atoms with van der Waals surface area (Å²) in [6, 6.07) is 6.13. The Kier molecular flexibility index (Phi) is 9.46. The summed E-state index contributed by atoms with van der Waals surface area (Å²) in [5.74, 6) is -0.540. The third-order valence-electron chi connectivity index (χ3n) is 7.84. The Morgan fingerprint density at radius 3 is 2.69 bits per heavy atom. The summed E-state index contributed by atoms with van der Waals surface area (Å²) in [6.07, 6.45) is 4.91. The highest BCUT2D eigenvalue weighted by molar-refractivity contribution is 7.14. The monoisotopic (exact) mass is 557 g/mol. The van der Waals surface area contributed by atoms with Crippen molar-refractivity contribution in [1.29, 1.82) is 0 Å². The molecule has 3 fully saturated rings. The Morgan fingerprint density at radius 1 is 1.13 bits per heavy atom. The number of carbonyl (C=O) groups is 2. The molecule has 1 aromatic carbocycles. The summed E-state index contributed by atoms with van der Waals surface area (Å²) in [5.41, 5.74) is 2.27. The van der Waals surface area contributed by atoms with E-state index in [4.69, 9.17) is 9.47 Å². The molecule has 0 bridgehead atoms. The predicted octanol–water partition coefficient (Wildman–Crippen LogP) is 2.88. The van der Waals surface area contributed by atoms with Gasteiger partial charge in [-0.2, -0.15) is 0 Å². The topological polar surface area (TPSA) is 116 Å². The molecule has 2 aromatic rings. The summed E-state index contributed by atoms with van der Waals surface area (Å²) >= 11 is 1.42. The Balaban J connectivity index is 1.32. The number of hydrogen-bond donors (Lipinski definition) is 3. The lowest BCUT2D eigenvalue weighted by atomic mass is 10.0. The van der Waals surface area contributed by atoms with Crippen LogP contribution in [0.3, 0.4) is 0 Å². The zero-order valence-corrected chi connectivity index (χ0v) is 23.4. The fraction of sp³-hybridized carbons (Fsp3) is 0.607. The molecule has 0 spiro atoms. The average molecular weight is 558 g/mol. The molecule has 3 N–H and O–H groups in total. The molecule has 11 heteroatoms. The van der Waals surface area contributed by atoms with E-state index in [0.717, 1.165) is 62.6 Å². The summed E-state index contributed by atoms with van der Waals surface area (Å²) < 4.78 is 10.8. The van der Waals surface area contributed by atoms with Gasteiger partial charge in [-0.25, -0.2) is 4.98 Å². The fourth-order valence-corrected chi connectivity index (χ4v) is 6.43. The molecule has 39 heavy (non-hydrogen) atoms. The van der Waals surface area contributed by atoms with E-state index in [1.807, 2.05) is 18.2 Å². The zero-order valence-electron chi connectivity index (χ0n) is 22.6. The van der Waals surface area contributed by atoms with Gasteiger partial charge in [-0.3, -0.25) is 14.5 Å². The summed E-state index contributed by atoms with van der Waals surface area (Å²) in [4.78, 5) is 35.7. The second-order valence-electron chi connectivity index (χ2n) is 10.6. The number of aromatic nitrogens is 1. The minimum absolute atomic E-state index is 0.0484. The van der Waals surface area contributed by atoms with Gasteiger partial charge < -0.3 is 30.1 Å². The van der Waals surface area contributed by atoms with E-state index < -0.39 is 0 Å². The number of methoxy groups -OCH3 is 1. The minimum atomic E-state index is -0.345. The fourth-order valence-electron chi connectivity index (χ4n) is 5.57. The minimum Gasteiger partial charge on any atom is -0.393 e. The lowest BCUT2D eigenvalue weighted by Crippen LogP contribution is -2.39. The molecule has 0 saturated carbocycles. The van der Waals surface area contributed by atoms with Crippen LogP contribution in [0.4, 0.5) is 10.8 Å². The Morgan fingerprint density at radius 2 is 1.92 bits per heavy atom. The highest BCUT2D eigenvalue weighted by Gasteiger charge is 2.26. The first-order chi connectivity index (χ1) is 19.0. The standard InChI is InChI=1S/C28H39N5O5S/c1-37-17-21-3-2-10-33(21)16-19-4-5-24(23(15-19)26(35)29-20-8-13-38-14-9-20)30-27(36)25-18-39-28(31-25)32-11-6-22(34)7-12-32/h4-5,15,18,20-22,34H,2-3,6-14,16-17H2,1H3,(H,29,35)(H,30,36)/t21-/m1/s1. The molecule has 2 amide bonds. The van der Waals surface area contributed by atoms with E-state index >= 15 is 0 Å². The van der Waals surface area contributed by atoms with Gasteiger partial charge in [-0.15, -0.1) is 11.3 Å². The van der Waals surface area contributed by atoms with Crippen LogP contribution in [0.25, 0.3) is 0 Å². The number of rotatable bonds is 9. The highest BCUT2D eigenvalue weighted by Crippen LogP contribution is 2.27. The number of nitrogens with one attached hydrogen (secondary N) is 2. The number of amides is 2. The molecule has 1 aromatic heterocycles. The molecule has 3 saturated heterocycles. The summed E-state index contributed by atoms with van der Waals surface area (Å²) in [7, 11) is 1.73. The van der Waals surface area contributed by atoms with Gasteiger partial charge in [0.05, 0.1) is 24.0 Å². The highest BCUT2D eigenvalue weighted by atomic mass is 32.1. The molecule has 10 nitrogen and oxygen atoms in total. The van der Waals surface area contributed by atoms with Crippen molar-refractivity contribution in [1.82, 2.24) is 15.2 Å². The second-order valence-corrected chi connectivity index (χ2v) is 11.5. The summed E-state index contributed by atoms with van der Waals surface area (Å²) in [5, 5.41) is 18.4. The SMILES string of the molecule is COC[C@H]1CCCN1Cc1ccc(NC(=O)c2csc(N3CCC(O)CC3)n2)c(C(=O)NC2CCOCC2)c1. The number of thiazole rings is 1. The molecule has 4 heterocycles.